The van der Waals surface area contributed by atoms with Gasteiger partial charge in [-0.3, -0.25) is 4.79 Å². The van der Waals surface area contributed by atoms with E-state index in [1.165, 1.54) is 20.0 Å². The maximum atomic E-state index is 13.1. The summed E-state index contributed by atoms with van der Waals surface area (Å²) < 4.78 is 4.64. The average molecular weight is 374 g/mol. The highest BCUT2D eigenvalue weighted by molar-refractivity contribution is 5.87. The number of carbonyl (C=O) groups is 2. The Morgan fingerprint density at radius 3 is 2.63 bits per heavy atom. The van der Waals surface area contributed by atoms with Crippen molar-refractivity contribution in [3.8, 4) is 0 Å². The third-order valence-electron chi connectivity index (χ3n) is 6.06. The van der Waals surface area contributed by atoms with E-state index >= 15 is 0 Å². The molecule has 0 aromatic carbocycles. The Balaban J connectivity index is 1.42. The summed E-state index contributed by atoms with van der Waals surface area (Å²) in [5.74, 6) is 1.02. The lowest BCUT2D eigenvalue weighted by molar-refractivity contribution is -0.154. The van der Waals surface area contributed by atoms with Crippen LogP contribution < -0.4 is 4.90 Å². The molecule has 0 bridgehead atoms. The van der Waals surface area contributed by atoms with E-state index in [4.69, 9.17) is 0 Å². The number of ether oxygens (including phenoxy) is 1. The van der Waals surface area contributed by atoms with Gasteiger partial charge < -0.3 is 19.6 Å². The Morgan fingerprint density at radius 1 is 1.30 bits per heavy atom. The van der Waals surface area contributed by atoms with Crippen LogP contribution in [0.2, 0.25) is 0 Å². The van der Waals surface area contributed by atoms with Crippen molar-refractivity contribution >= 4 is 17.7 Å². The number of hydrogen-bond acceptors (Lipinski definition) is 7. The molecule has 3 aliphatic rings. The van der Waals surface area contributed by atoms with Gasteiger partial charge in [-0.2, -0.15) is 0 Å². The fourth-order valence-electron chi connectivity index (χ4n) is 4.33. The molecule has 8 nitrogen and oxygen atoms in total. The minimum absolute atomic E-state index is 0.177. The quantitative estimate of drug-likeness (QED) is 0.781. The minimum atomic E-state index is -0.510. The first-order valence-electron chi connectivity index (χ1n) is 9.65. The van der Waals surface area contributed by atoms with Crippen molar-refractivity contribution in [1.29, 1.82) is 0 Å². The number of carbonyl (C=O) groups excluding carboxylic acids is 2. The molecule has 8 heteroatoms. The Labute approximate surface area is 158 Å². The number of nitrogens with zero attached hydrogens (tertiary/aromatic N) is 4. The number of methoxy groups -OCH3 is 1. The van der Waals surface area contributed by atoms with Crippen molar-refractivity contribution in [2.45, 2.75) is 38.2 Å². The van der Waals surface area contributed by atoms with Crippen LogP contribution in [-0.2, 0) is 9.53 Å². The molecule has 1 aliphatic carbocycles. The number of aliphatic hydroxyl groups is 1. The van der Waals surface area contributed by atoms with Crippen LogP contribution in [0.1, 0.15) is 42.6 Å². The van der Waals surface area contributed by atoms with Gasteiger partial charge in [-0.05, 0) is 50.2 Å². The molecule has 1 saturated carbocycles. The van der Waals surface area contributed by atoms with Gasteiger partial charge in [0.1, 0.15) is 0 Å². The summed E-state index contributed by atoms with van der Waals surface area (Å²) in [7, 11) is 1.31. The average Bonchev–Trinajstić information content (AvgIpc) is 3.50. The first kappa shape index (κ1) is 18.2. The van der Waals surface area contributed by atoms with Gasteiger partial charge in [0.25, 0.3) is 0 Å². The van der Waals surface area contributed by atoms with Crippen molar-refractivity contribution in [3.63, 3.8) is 0 Å². The number of hydrogen-bond donors (Lipinski definition) is 1. The molecule has 1 N–H and O–H groups in total. The zero-order chi connectivity index (χ0) is 19.0. The molecule has 1 unspecified atom stereocenters. The van der Waals surface area contributed by atoms with Gasteiger partial charge in [-0.25, -0.2) is 4.79 Å². The summed E-state index contributed by atoms with van der Waals surface area (Å²) in [5, 5.41) is 18.4. The number of aromatic nitrogens is 2. The van der Waals surface area contributed by atoms with Crippen molar-refractivity contribution in [3.05, 3.63) is 17.8 Å². The standard InChI is InChI=1S/C19H26N4O4/c1-27-17(25)15-4-5-16(21-20-15)22-8-6-19(7-9-22)10-14(24)12-23(18(19)26)11-13-2-3-13/h4-5,13-14,24H,2-3,6-12H2,1H3. The Hall–Kier alpha value is -2.22. The highest BCUT2D eigenvalue weighted by Gasteiger charge is 2.49. The van der Waals surface area contributed by atoms with Gasteiger partial charge in [-0.1, -0.05) is 0 Å². The monoisotopic (exact) mass is 374 g/mol. The van der Waals surface area contributed by atoms with E-state index < -0.39 is 17.5 Å². The van der Waals surface area contributed by atoms with Crippen LogP contribution in [-0.4, -0.2) is 71.5 Å². The summed E-state index contributed by atoms with van der Waals surface area (Å²) >= 11 is 0. The molecule has 1 amide bonds. The van der Waals surface area contributed by atoms with Gasteiger partial charge in [0.05, 0.1) is 18.6 Å². The van der Waals surface area contributed by atoms with Gasteiger partial charge >= 0.3 is 5.97 Å². The predicted molar refractivity (Wildman–Crippen MR) is 97.2 cm³/mol. The summed E-state index contributed by atoms with van der Waals surface area (Å²) in [5.41, 5.74) is -0.279. The number of anilines is 1. The van der Waals surface area contributed by atoms with E-state index in [2.05, 4.69) is 19.8 Å². The van der Waals surface area contributed by atoms with E-state index in [9.17, 15) is 14.7 Å². The second-order valence-electron chi connectivity index (χ2n) is 8.05. The first-order valence-corrected chi connectivity index (χ1v) is 9.65. The van der Waals surface area contributed by atoms with Crippen LogP contribution in [0, 0.1) is 11.3 Å². The van der Waals surface area contributed by atoms with Gasteiger partial charge in [0, 0.05) is 26.2 Å². The Kier molecular flexibility index (Phi) is 4.75. The van der Waals surface area contributed by atoms with Crippen molar-refractivity contribution < 1.29 is 19.4 Å². The fraction of sp³-hybridized carbons (Fsp3) is 0.684. The lowest BCUT2D eigenvalue weighted by Crippen LogP contribution is -2.58. The predicted octanol–water partition coefficient (Wildman–Crippen LogP) is 0.853. The molecule has 2 aliphatic heterocycles. The summed E-state index contributed by atoms with van der Waals surface area (Å²) in [6, 6.07) is 3.36. The molecule has 1 spiro atoms. The van der Waals surface area contributed by atoms with Crippen molar-refractivity contribution in [1.82, 2.24) is 15.1 Å². The molecule has 3 fully saturated rings. The highest BCUT2D eigenvalue weighted by atomic mass is 16.5. The summed E-state index contributed by atoms with van der Waals surface area (Å²) in [6.07, 6.45) is 3.90. The molecule has 1 aromatic heterocycles. The topological polar surface area (TPSA) is 95.9 Å². The number of amides is 1. The molecule has 0 radical (unpaired) electrons. The molecule has 1 aromatic rings. The molecule has 146 valence electrons. The molecule has 1 atom stereocenters. The molecular formula is C19H26N4O4. The number of esters is 1. The third-order valence-corrected chi connectivity index (χ3v) is 6.06. The fourth-order valence-corrected chi connectivity index (χ4v) is 4.33. The van der Waals surface area contributed by atoms with E-state index in [1.807, 2.05) is 4.90 Å². The van der Waals surface area contributed by atoms with Gasteiger partial charge in [0.2, 0.25) is 5.91 Å². The second-order valence-corrected chi connectivity index (χ2v) is 8.05. The van der Waals surface area contributed by atoms with Crippen LogP contribution in [0.3, 0.4) is 0 Å². The second kappa shape index (κ2) is 7.07. The van der Waals surface area contributed by atoms with Crippen molar-refractivity contribution in [2.24, 2.45) is 11.3 Å². The van der Waals surface area contributed by atoms with E-state index in [1.54, 1.807) is 12.1 Å². The zero-order valence-electron chi connectivity index (χ0n) is 15.6. The Morgan fingerprint density at radius 2 is 2.04 bits per heavy atom. The van der Waals surface area contributed by atoms with Crippen LogP contribution in [0.5, 0.6) is 0 Å². The normalized spacial score (nSPS) is 25.0. The zero-order valence-corrected chi connectivity index (χ0v) is 15.6. The lowest BCUT2D eigenvalue weighted by atomic mass is 9.71. The minimum Gasteiger partial charge on any atom is -0.464 e. The number of piperidine rings is 2. The maximum Gasteiger partial charge on any atom is 0.358 e. The van der Waals surface area contributed by atoms with Crippen LogP contribution in [0.4, 0.5) is 5.82 Å². The molecule has 2 saturated heterocycles. The van der Waals surface area contributed by atoms with Crippen LogP contribution in [0.25, 0.3) is 0 Å². The van der Waals surface area contributed by atoms with Crippen LogP contribution >= 0.6 is 0 Å². The number of rotatable bonds is 4. The number of β-amino-alcohol motifs (C(OH)–C–C–N with tert-alkyl or cyclic N) is 1. The highest BCUT2D eigenvalue weighted by Crippen LogP contribution is 2.43. The molecule has 27 heavy (non-hydrogen) atoms. The molecule has 4 rings (SSSR count). The largest absolute Gasteiger partial charge is 0.464 e. The Bertz CT molecular complexity index is 709. The van der Waals surface area contributed by atoms with Crippen LogP contribution in [0.15, 0.2) is 12.1 Å². The van der Waals surface area contributed by atoms with E-state index in [0.29, 0.717) is 50.6 Å². The SMILES string of the molecule is COC(=O)c1ccc(N2CCC3(CC2)CC(O)CN(CC2CC2)C3=O)nn1. The van der Waals surface area contributed by atoms with E-state index in [-0.39, 0.29) is 11.6 Å². The summed E-state index contributed by atoms with van der Waals surface area (Å²) in [6.45, 7) is 2.63. The summed E-state index contributed by atoms with van der Waals surface area (Å²) in [4.78, 5) is 28.6. The third kappa shape index (κ3) is 3.63. The first-order chi connectivity index (χ1) is 13.0. The smallest absolute Gasteiger partial charge is 0.358 e. The van der Waals surface area contributed by atoms with Gasteiger partial charge in [0.15, 0.2) is 11.5 Å². The van der Waals surface area contributed by atoms with Crippen molar-refractivity contribution in [2.75, 3.05) is 38.2 Å². The molecule has 3 heterocycles. The maximum absolute atomic E-state index is 13.1. The number of likely N-dealkylation sites (tertiary alicyclic amines) is 1. The number of aliphatic hydroxyl groups excluding tert-OH is 1. The van der Waals surface area contributed by atoms with E-state index in [0.717, 1.165) is 6.54 Å². The molecular weight excluding hydrogens is 348 g/mol. The van der Waals surface area contributed by atoms with Gasteiger partial charge in [-0.15, -0.1) is 10.2 Å². The lowest BCUT2D eigenvalue weighted by Gasteiger charge is -2.48.